The largest absolute Gasteiger partial charge is 0.348 e. The van der Waals surface area contributed by atoms with Crippen LogP contribution in [0, 0.1) is 6.92 Å². The Morgan fingerprint density at radius 3 is 2.77 bits per heavy atom. The normalized spacial score (nSPS) is 12.5. The van der Waals surface area contributed by atoms with Crippen molar-refractivity contribution < 1.29 is 4.79 Å². The van der Waals surface area contributed by atoms with Gasteiger partial charge in [-0.2, -0.15) is 5.10 Å². The highest BCUT2D eigenvalue weighted by molar-refractivity contribution is 7.17. The van der Waals surface area contributed by atoms with Gasteiger partial charge in [-0.15, -0.1) is 11.3 Å². The Kier molecular flexibility index (Phi) is 4.08. The third-order valence-electron chi connectivity index (χ3n) is 4.44. The molecule has 1 amide bonds. The van der Waals surface area contributed by atoms with Crippen molar-refractivity contribution in [3.05, 3.63) is 69.6 Å². The molecule has 0 aliphatic heterocycles. The maximum Gasteiger partial charge on any atom is 0.291 e. The molecule has 7 heteroatoms. The molecule has 6 nitrogen and oxygen atoms in total. The predicted octanol–water partition coefficient (Wildman–Crippen LogP) is 2.90. The number of rotatable bonds is 4. The fourth-order valence-corrected chi connectivity index (χ4v) is 3.99. The minimum atomic E-state index is -0.262. The summed E-state index contributed by atoms with van der Waals surface area (Å²) in [4.78, 5) is 25.1. The van der Waals surface area contributed by atoms with E-state index in [1.807, 2.05) is 66.1 Å². The number of amides is 1. The number of hydrogen-bond donors (Lipinski definition) is 1. The summed E-state index contributed by atoms with van der Waals surface area (Å²) in [7, 11) is 0. The monoisotopic (exact) mass is 366 g/mol. The molecule has 3 aromatic heterocycles. The van der Waals surface area contributed by atoms with E-state index < -0.39 is 0 Å². The van der Waals surface area contributed by atoms with E-state index in [1.54, 1.807) is 11.3 Å². The minimum Gasteiger partial charge on any atom is -0.348 e. The fraction of sp³-hybridized carbons (Fsp3) is 0.211. The van der Waals surface area contributed by atoms with Crippen LogP contribution in [0.4, 0.5) is 0 Å². The first-order valence-corrected chi connectivity index (χ1v) is 9.23. The summed E-state index contributed by atoms with van der Waals surface area (Å²) in [5.41, 5.74) is 2.27. The zero-order valence-corrected chi connectivity index (χ0v) is 15.3. The van der Waals surface area contributed by atoms with Gasteiger partial charge < -0.3 is 5.32 Å². The smallest absolute Gasteiger partial charge is 0.291 e. The molecule has 0 bridgehead atoms. The summed E-state index contributed by atoms with van der Waals surface area (Å²) in [6.07, 6.45) is 0. The molecule has 4 rings (SSSR count). The lowest BCUT2D eigenvalue weighted by atomic mass is 10.1. The van der Waals surface area contributed by atoms with Crippen molar-refractivity contribution in [3.63, 3.8) is 0 Å². The summed E-state index contributed by atoms with van der Waals surface area (Å²) in [6.45, 7) is 3.65. The van der Waals surface area contributed by atoms with Crippen molar-refractivity contribution in [2.24, 2.45) is 0 Å². The van der Waals surface area contributed by atoms with Gasteiger partial charge in [-0.3, -0.25) is 14.0 Å². The van der Waals surface area contributed by atoms with E-state index in [0.717, 1.165) is 15.8 Å². The van der Waals surface area contributed by atoms with Crippen molar-refractivity contribution in [3.8, 4) is 0 Å². The number of aromatic nitrogens is 3. The molecule has 4 aromatic rings. The number of fused-ring (bicyclic) bond motifs is 3. The Morgan fingerprint density at radius 2 is 2.00 bits per heavy atom. The van der Waals surface area contributed by atoms with Crippen LogP contribution >= 0.6 is 11.3 Å². The maximum atomic E-state index is 12.7. The summed E-state index contributed by atoms with van der Waals surface area (Å²) >= 11 is 1.58. The molecule has 0 radical (unpaired) electrons. The highest BCUT2D eigenvalue weighted by Gasteiger charge is 2.16. The second-order valence-electron chi connectivity index (χ2n) is 6.24. The number of nitrogens with zero attached hydrogens (tertiary/aromatic N) is 3. The number of carbonyl (C=O) groups is 1. The first-order valence-electron chi connectivity index (χ1n) is 8.35. The Morgan fingerprint density at radius 1 is 1.23 bits per heavy atom. The van der Waals surface area contributed by atoms with Crippen molar-refractivity contribution in [1.29, 1.82) is 0 Å². The molecule has 1 aromatic carbocycles. The Balaban J connectivity index is 1.62. The molecule has 26 heavy (non-hydrogen) atoms. The molecule has 0 aliphatic carbocycles. The van der Waals surface area contributed by atoms with E-state index in [4.69, 9.17) is 0 Å². The third kappa shape index (κ3) is 2.80. The van der Waals surface area contributed by atoms with Crippen LogP contribution in [0.3, 0.4) is 0 Å². The Labute approximate surface area is 153 Å². The van der Waals surface area contributed by atoms with E-state index in [2.05, 4.69) is 10.4 Å². The van der Waals surface area contributed by atoms with Crippen LogP contribution in [-0.4, -0.2) is 20.1 Å². The van der Waals surface area contributed by atoms with Gasteiger partial charge in [0.1, 0.15) is 17.9 Å². The van der Waals surface area contributed by atoms with Crippen molar-refractivity contribution >= 4 is 33.0 Å². The van der Waals surface area contributed by atoms with Gasteiger partial charge in [-0.05, 0) is 36.9 Å². The van der Waals surface area contributed by atoms with Gasteiger partial charge in [-0.25, -0.2) is 4.68 Å². The average molecular weight is 366 g/mol. The SMILES string of the molecule is Cc1nn(CC(=O)NC(C)c2ccccc2)c(=O)c2cc3sccc3n12. The molecule has 1 unspecified atom stereocenters. The molecule has 1 N–H and O–H groups in total. The molecule has 1 atom stereocenters. The second-order valence-corrected chi connectivity index (χ2v) is 7.19. The van der Waals surface area contributed by atoms with Gasteiger partial charge in [-0.1, -0.05) is 30.3 Å². The minimum absolute atomic E-state index is 0.105. The average Bonchev–Trinajstić information content (AvgIpc) is 3.21. The Bertz CT molecular complexity index is 1160. The number of benzene rings is 1. The van der Waals surface area contributed by atoms with E-state index in [9.17, 15) is 9.59 Å². The molecular formula is C19H18N4O2S. The summed E-state index contributed by atoms with van der Waals surface area (Å²) < 4.78 is 4.11. The lowest BCUT2D eigenvalue weighted by Crippen LogP contribution is -2.36. The first-order chi connectivity index (χ1) is 12.5. The van der Waals surface area contributed by atoms with Crippen LogP contribution in [0.15, 0.2) is 52.6 Å². The van der Waals surface area contributed by atoms with Gasteiger partial charge in [0.05, 0.1) is 16.3 Å². The Hall–Kier alpha value is -2.93. The van der Waals surface area contributed by atoms with Crippen molar-refractivity contribution in [1.82, 2.24) is 19.5 Å². The van der Waals surface area contributed by atoms with Gasteiger partial charge in [0.15, 0.2) is 0 Å². The van der Waals surface area contributed by atoms with Crippen LogP contribution < -0.4 is 10.9 Å². The number of hydrogen-bond acceptors (Lipinski definition) is 4. The fourth-order valence-electron chi connectivity index (χ4n) is 3.18. The topological polar surface area (TPSA) is 68.4 Å². The van der Waals surface area contributed by atoms with E-state index in [1.165, 1.54) is 4.68 Å². The van der Waals surface area contributed by atoms with Crippen molar-refractivity contribution in [2.45, 2.75) is 26.4 Å². The van der Waals surface area contributed by atoms with Gasteiger partial charge in [0.25, 0.3) is 5.56 Å². The number of thiophene rings is 1. The molecule has 0 saturated carbocycles. The van der Waals surface area contributed by atoms with Crippen LogP contribution in [-0.2, 0) is 11.3 Å². The van der Waals surface area contributed by atoms with Gasteiger partial charge >= 0.3 is 0 Å². The zero-order valence-electron chi connectivity index (χ0n) is 14.5. The van der Waals surface area contributed by atoms with E-state index in [0.29, 0.717) is 11.3 Å². The lowest BCUT2D eigenvalue weighted by Gasteiger charge is -2.15. The van der Waals surface area contributed by atoms with Gasteiger partial charge in [0.2, 0.25) is 5.91 Å². The van der Waals surface area contributed by atoms with Crippen LogP contribution in [0.5, 0.6) is 0 Å². The quantitative estimate of drug-likeness (QED) is 0.604. The van der Waals surface area contributed by atoms with E-state index in [-0.39, 0.29) is 24.1 Å². The molecule has 0 fully saturated rings. The highest BCUT2D eigenvalue weighted by atomic mass is 32.1. The second kappa shape index (κ2) is 6.42. The zero-order chi connectivity index (χ0) is 18.3. The number of aryl methyl sites for hydroxylation is 1. The molecule has 0 aliphatic rings. The van der Waals surface area contributed by atoms with Crippen LogP contribution in [0.2, 0.25) is 0 Å². The van der Waals surface area contributed by atoms with Gasteiger partial charge in [0, 0.05) is 0 Å². The number of nitrogens with one attached hydrogen (secondary N) is 1. The van der Waals surface area contributed by atoms with Crippen LogP contribution in [0.1, 0.15) is 24.4 Å². The molecule has 0 spiro atoms. The number of carbonyl (C=O) groups excluding carboxylic acids is 1. The summed E-state index contributed by atoms with van der Waals surface area (Å²) in [5.74, 6) is 0.435. The highest BCUT2D eigenvalue weighted by Crippen LogP contribution is 2.24. The molecule has 3 heterocycles. The first kappa shape index (κ1) is 16.5. The molecule has 132 valence electrons. The van der Waals surface area contributed by atoms with Crippen molar-refractivity contribution in [2.75, 3.05) is 0 Å². The maximum absolute atomic E-state index is 12.7. The molecule has 0 saturated heterocycles. The summed E-state index contributed by atoms with van der Waals surface area (Å²) in [5, 5.41) is 9.24. The summed E-state index contributed by atoms with van der Waals surface area (Å²) in [6, 6.07) is 13.4. The van der Waals surface area contributed by atoms with E-state index >= 15 is 0 Å². The van der Waals surface area contributed by atoms with Crippen LogP contribution in [0.25, 0.3) is 15.7 Å². The predicted molar refractivity (Wildman–Crippen MR) is 103 cm³/mol. The lowest BCUT2D eigenvalue weighted by molar-refractivity contribution is -0.122. The molecular weight excluding hydrogens is 348 g/mol. The standard InChI is InChI=1S/C19H18N4O2S/c1-12(14-6-4-3-5-7-14)20-18(24)11-22-19(25)16-10-17-15(8-9-26-17)23(16)13(2)21-22/h3-10,12H,11H2,1-2H3,(H,20,24). The third-order valence-corrected chi connectivity index (χ3v) is 5.29.